The summed E-state index contributed by atoms with van der Waals surface area (Å²) in [6.45, 7) is 1.72. The largest absolute Gasteiger partial charge is 0.352 e. The Morgan fingerprint density at radius 3 is 2.66 bits per heavy atom. The molecule has 1 aromatic heterocycles. The summed E-state index contributed by atoms with van der Waals surface area (Å²) in [7, 11) is 1.70. The Labute approximate surface area is 208 Å². The molecule has 168 valence electrons. The van der Waals surface area contributed by atoms with Crippen molar-refractivity contribution in [2.75, 3.05) is 18.5 Å². The van der Waals surface area contributed by atoms with Gasteiger partial charge < -0.3 is 20.1 Å². The van der Waals surface area contributed by atoms with Crippen LogP contribution < -0.4 is 15.5 Å². The van der Waals surface area contributed by atoms with Gasteiger partial charge in [0, 0.05) is 42.8 Å². The van der Waals surface area contributed by atoms with Crippen LogP contribution in [0.2, 0.25) is 5.02 Å². The summed E-state index contributed by atoms with van der Waals surface area (Å²) in [4.78, 5) is 22.3. The molecule has 1 aliphatic heterocycles. The minimum Gasteiger partial charge on any atom is -0.352 e. The number of carbonyl (C=O) groups is 1. The van der Waals surface area contributed by atoms with Crippen LogP contribution in [-0.4, -0.2) is 35.6 Å². The van der Waals surface area contributed by atoms with E-state index >= 15 is 0 Å². The molecule has 2 aromatic carbocycles. The van der Waals surface area contributed by atoms with Crippen LogP contribution in [0.3, 0.4) is 0 Å². The third-order valence-corrected chi connectivity index (χ3v) is 5.20. The van der Waals surface area contributed by atoms with E-state index in [0.29, 0.717) is 42.2 Å². The number of hydrogen-bond donors (Lipinski definition) is 2. The third kappa shape index (κ3) is 5.98. The maximum absolute atomic E-state index is 11.9. The number of rotatable bonds is 6. The van der Waals surface area contributed by atoms with Crippen molar-refractivity contribution >= 4 is 53.1 Å². The van der Waals surface area contributed by atoms with Gasteiger partial charge in [0.05, 0.1) is 6.54 Å². The second-order valence-corrected chi connectivity index (χ2v) is 7.55. The lowest BCUT2D eigenvalue weighted by Gasteiger charge is -2.16. The minimum absolute atomic E-state index is 0. The predicted molar refractivity (Wildman–Crippen MR) is 135 cm³/mol. The molecule has 4 rings (SSSR count). The Kier molecular flexibility index (Phi) is 8.46. The zero-order valence-corrected chi connectivity index (χ0v) is 20.6. The van der Waals surface area contributed by atoms with Gasteiger partial charge in [-0.2, -0.15) is 4.98 Å². The van der Waals surface area contributed by atoms with Crippen molar-refractivity contribution in [2.24, 2.45) is 4.99 Å². The smallest absolute Gasteiger partial charge is 0.246 e. The number of hydrogen-bond acceptors (Lipinski definition) is 5. The van der Waals surface area contributed by atoms with Gasteiger partial charge in [-0.25, -0.2) is 0 Å². The summed E-state index contributed by atoms with van der Waals surface area (Å²) < 4.78 is 5.31. The number of aromatic nitrogens is 2. The second-order valence-electron chi connectivity index (χ2n) is 7.12. The van der Waals surface area contributed by atoms with Gasteiger partial charge in [0.1, 0.15) is 0 Å². The molecule has 1 aliphatic rings. The first-order valence-corrected chi connectivity index (χ1v) is 10.4. The van der Waals surface area contributed by atoms with E-state index in [9.17, 15) is 4.79 Å². The molecular formula is C22H24ClIN6O2. The fourth-order valence-electron chi connectivity index (χ4n) is 3.35. The molecule has 32 heavy (non-hydrogen) atoms. The number of benzene rings is 2. The number of halogens is 2. The SMILES string of the molecule is CN=C(NCc1ccc(N2CCCC2=O)cc1)NCc1nc(-c2cccc(Cl)c2)no1.I. The Bertz CT molecular complexity index is 1090. The molecule has 0 bridgehead atoms. The highest BCUT2D eigenvalue weighted by atomic mass is 127. The molecule has 2 N–H and O–H groups in total. The van der Waals surface area contributed by atoms with Crippen molar-refractivity contribution in [2.45, 2.75) is 25.9 Å². The fourth-order valence-corrected chi connectivity index (χ4v) is 3.54. The number of guanidine groups is 1. The van der Waals surface area contributed by atoms with Gasteiger partial charge >= 0.3 is 0 Å². The standard InChI is InChI=1S/C22H23ClN6O2.HI/c1-24-22(25-13-15-7-9-18(10-8-15)29-11-3-6-20(29)30)26-14-19-27-21(28-31-19)16-4-2-5-17(23)12-16;/h2,4-5,7-10,12H,3,6,11,13-14H2,1H3,(H2,24,25,26);1H. The lowest BCUT2D eigenvalue weighted by molar-refractivity contribution is -0.117. The Balaban J connectivity index is 0.00000289. The topological polar surface area (TPSA) is 95.7 Å². The summed E-state index contributed by atoms with van der Waals surface area (Å²) in [6.07, 6.45) is 1.55. The highest BCUT2D eigenvalue weighted by molar-refractivity contribution is 14.0. The first-order valence-electron chi connectivity index (χ1n) is 10.0. The average Bonchev–Trinajstić information content (AvgIpc) is 3.43. The molecule has 0 saturated carbocycles. The molecule has 1 amide bonds. The van der Waals surface area contributed by atoms with E-state index in [4.69, 9.17) is 16.1 Å². The number of anilines is 1. The molecule has 0 unspecified atom stereocenters. The third-order valence-electron chi connectivity index (χ3n) is 4.96. The lowest BCUT2D eigenvalue weighted by Crippen LogP contribution is -2.36. The van der Waals surface area contributed by atoms with Crippen LogP contribution >= 0.6 is 35.6 Å². The molecule has 8 nitrogen and oxygen atoms in total. The van der Waals surface area contributed by atoms with Gasteiger partial charge in [0.2, 0.25) is 17.6 Å². The molecule has 0 radical (unpaired) electrons. The first kappa shape index (κ1) is 24.0. The monoisotopic (exact) mass is 566 g/mol. The van der Waals surface area contributed by atoms with E-state index in [1.165, 1.54) is 0 Å². The number of carbonyl (C=O) groups excluding carboxylic acids is 1. The maximum Gasteiger partial charge on any atom is 0.246 e. The van der Waals surface area contributed by atoms with Crippen molar-refractivity contribution in [3.8, 4) is 11.4 Å². The Morgan fingerprint density at radius 2 is 1.97 bits per heavy atom. The van der Waals surface area contributed by atoms with Gasteiger partial charge in [-0.1, -0.05) is 41.0 Å². The summed E-state index contributed by atoms with van der Waals surface area (Å²) in [5, 5.41) is 11.0. The summed E-state index contributed by atoms with van der Waals surface area (Å²) in [5.74, 6) is 1.73. The van der Waals surface area contributed by atoms with Crippen LogP contribution in [-0.2, 0) is 17.9 Å². The van der Waals surface area contributed by atoms with E-state index in [-0.39, 0.29) is 29.9 Å². The Morgan fingerprint density at radius 1 is 1.19 bits per heavy atom. The fraction of sp³-hybridized carbons (Fsp3) is 0.273. The number of amides is 1. The predicted octanol–water partition coefficient (Wildman–Crippen LogP) is 4.00. The Hall–Kier alpha value is -2.66. The highest BCUT2D eigenvalue weighted by Gasteiger charge is 2.21. The summed E-state index contributed by atoms with van der Waals surface area (Å²) >= 11 is 6.02. The number of nitrogens with zero attached hydrogens (tertiary/aromatic N) is 4. The van der Waals surface area contributed by atoms with Crippen molar-refractivity contribution < 1.29 is 9.32 Å². The molecule has 1 fully saturated rings. The molecule has 3 aromatic rings. The lowest BCUT2D eigenvalue weighted by atomic mass is 10.2. The summed E-state index contributed by atoms with van der Waals surface area (Å²) in [6, 6.07) is 15.3. The molecule has 0 aliphatic carbocycles. The molecule has 0 atom stereocenters. The highest BCUT2D eigenvalue weighted by Crippen LogP contribution is 2.22. The first-order chi connectivity index (χ1) is 15.1. The van der Waals surface area contributed by atoms with E-state index in [1.807, 2.05) is 41.3 Å². The van der Waals surface area contributed by atoms with Gasteiger partial charge in [-0.05, 0) is 36.2 Å². The van der Waals surface area contributed by atoms with Crippen LogP contribution in [0.5, 0.6) is 0 Å². The minimum atomic E-state index is 0. The van der Waals surface area contributed by atoms with Crippen molar-refractivity contribution in [1.29, 1.82) is 0 Å². The van der Waals surface area contributed by atoms with Crippen molar-refractivity contribution in [1.82, 2.24) is 20.8 Å². The van der Waals surface area contributed by atoms with Gasteiger partial charge in [-0.15, -0.1) is 24.0 Å². The van der Waals surface area contributed by atoms with Gasteiger partial charge in [0.25, 0.3) is 0 Å². The normalized spacial score (nSPS) is 13.8. The van der Waals surface area contributed by atoms with E-state index in [0.717, 1.165) is 29.8 Å². The van der Waals surface area contributed by atoms with Crippen LogP contribution in [0.15, 0.2) is 58.0 Å². The van der Waals surface area contributed by atoms with Crippen LogP contribution in [0, 0.1) is 0 Å². The maximum atomic E-state index is 11.9. The zero-order valence-electron chi connectivity index (χ0n) is 17.5. The quantitative estimate of drug-likeness (QED) is 0.266. The molecular weight excluding hydrogens is 543 g/mol. The van der Waals surface area contributed by atoms with Crippen LogP contribution in [0.1, 0.15) is 24.3 Å². The van der Waals surface area contributed by atoms with E-state index in [2.05, 4.69) is 25.8 Å². The van der Waals surface area contributed by atoms with E-state index < -0.39 is 0 Å². The van der Waals surface area contributed by atoms with Gasteiger partial charge in [-0.3, -0.25) is 9.79 Å². The zero-order chi connectivity index (χ0) is 21.6. The molecule has 2 heterocycles. The second kappa shape index (κ2) is 11.3. The van der Waals surface area contributed by atoms with Crippen LogP contribution in [0.4, 0.5) is 5.69 Å². The van der Waals surface area contributed by atoms with Crippen molar-refractivity contribution in [3.63, 3.8) is 0 Å². The molecule has 0 spiro atoms. The molecule has 10 heteroatoms. The van der Waals surface area contributed by atoms with Crippen LogP contribution in [0.25, 0.3) is 11.4 Å². The van der Waals surface area contributed by atoms with E-state index in [1.54, 1.807) is 19.2 Å². The number of aliphatic imine (C=N–C) groups is 1. The number of nitrogens with one attached hydrogen (secondary N) is 2. The average molecular weight is 567 g/mol. The molecule has 1 saturated heterocycles. The summed E-state index contributed by atoms with van der Waals surface area (Å²) in [5.41, 5.74) is 2.82. The van der Waals surface area contributed by atoms with Gasteiger partial charge in [0.15, 0.2) is 5.96 Å². The van der Waals surface area contributed by atoms with Crippen molar-refractivity contribution in [3.05, 3.63) is 65.0 Å².